The van der Waals surface area contributed by atoms with Crippen LogP contribution in [0.5, 0.6) is 5.75 Å². The van der Waals surface area contributed by atoms with Gasteiger partial charge in [-0.05, 0) is 70.9 Å². The number of methoxy groups -OCH3 is 1. The number of carbonyl (C=O) groups is 1. The standard InChI is InChI=1S/C18H20BrN3O4S/c1-12(14-7-10-17(26-3)16(19)11-14)20-21-18(23)13-5-8-15(9-6-13)22(2)27(4,24)25/h5-11H,1-4H3,(H,21,23)/b20-12-. The van der Waals surface area contributed by atoms with Crippen molar-refractivity contribution in [2.24, 2.45) is 5.10 Å². The Morgan fingerprint density at radius 2 is 1.74 bits per heavy atom. The Morgan fingerprint density at radius 3 is 2.26 bits per heavy atom. The lowest BCUT2D eigenvalue weighted by atomic mass is 10.1. The number of sulfonamides is 1. The predicted molar refractivity (Wildman–Crippen MR) is 110 cm³/mol. The molecule has 7 nitrogen and oxygen atoms in total. The molecule has 2 aromatic carbocycles. The molecule has 2 aromatic rings. The number of amides is 1. The fourth-order valence-electron chi connectivity index (χ4n) is 2.17. The van der Waals surface area contributed by atoms with Gasteiger partial charge in [0.25, 0.3) is 5.91 Å². The smallest absolute Gasteiger partial charge is 0.271 e. The molecule has 0 saturated heterocycles. The largest absolute Gasteiger partial charge is 0.496 e. The fraction of sp³-hybridized carbons (Fsp3) is 0.222. The molecule has 0 aromatic heterocycles. The van der Waals surface area contributed by atoms with Crippen LogP contribution in [0, 0.1) is 0 Å². The van der Waals surface area contributed by atoms with Crippen LogP contribution in [-0.2, 0) is 10.0 Å². The summed E-state index contributed by atoms with van der Waals surface area (Å²) >= 11 is 3.41. The number of hydrogen-bond donors (Lipinski definition) is 1. The average molecular weight is 454 g/mol. The topological polar surface area (TPSA) is 88.1 Å². The third-order valence-corrected chi connectivity index (χ3v) is 5.71. The SMILES string of the molecule is COc1ccc(/C(C)=N\NC(=O)c2ccc(N(C)S(C)(=O)=O)cc2)cc1Br. The first-order valence-electron chi connectivity index (χ1n) is 7.86. The first-order valence-corrected chi connectivity index (χ1v) is 10.5. The summed E-state index contributed by atoms with van der Waals surface area (Å²) in [6.07, 6.45) is 1.11. The van der Waals surface area contributed by atoms with E-state index in [4.69, 9.17) is 4.74 Å². The lowest BCUT2D eigenvalue weighted by Crippen LogP contribution is -2.25. The highest BCUT2D eigenvalue weighted by Gasteiger charge is 2.13. The van der Waals surface area contributed by atoms with Gasteiger partial charge >= 0.3 is 0 Å². The lowest BCUT2D eigenvalue weighted by Gasteiger charge is -2.16. The molecule has 0 spiro atoms. The Balaban J connectivity index is 2.10. The van der Waals surface area contributed by atoms with Gasteiger partial charge in [-0.15, -0.1) is 0 Å². The molecular weight excluding hydrogens is 434 g/mol. The van der Waals surface area contributed by atoms with Gasteiger partial charge < -0.3 is 4.74 Å². The molecule has 9 heteroatoms. The first-order chi connectivity index (χ1) is 12.6. The van der Waals surface area contributed by atoms with Crippen molar-refractivity contribution >= 4 is 43.3 Å². The van der Waals surface area contributed by atoms with Crippen LogP contribution < -0.4 is 14.5 Å². The van der Waals surface area contributed by atoms with Crippen LogP contribution in [0.4, 0.5) is 5.69 Å². The highest BCUT2D eigenvalue weighted by molar-refractivity contribution is 9.10. The van der Waals surface area contributed by atoms with Crippen molar-refractivity contribution in [1.29, 1.82) is 0 Å². The number of nitrogens with zero attached hydrogens (tertiary/aromatic N) is 2. The van der Waals surface area contributed by atoms with E-state index in [-0.39, 0.29) is 0 Å². The van der Waals surface area contributed by atoms with E-state index in [1.807, 2.05) is 12.1 Å². The minimum absolute atomic E-state index is 0.369. The molecule has 0 bridgehead atoms. The molecule has 0 aliphatic carbocycles. The van der Waals surface area contributed by atoms with Crippen LogP contribution in [0.1, 0.15) is 22.8 Å². The molecule has 0 atom stereocenters. The molecule has 0 aliphatic rings. The number of rotatable bonds is 6. The minimum atomic E-state index is -3.35. The predicted octanol–water partition coefficient (Wildman–Crippen LogP) is 3.01. The average Bonchev–Trinajstić information content (AvgIpc) is 2.64. The number of hydrazone groups is 1. The van der Waals surface area contributed by atoms with Crippen LogP contribution in [0.25, 0.3) is 0 Å². The van der Waals surface area contributed by atoms with E-state index in [1.165, 1.54) is 7.05 Å². The quantitative estimate of drug-likeness (QED) is 0.537. The molecule has 27 heavy (non-hydrogen) atoms. The van der Waals surface area contributed by atoms with E-state index >= 15 is 0 Å². The summed E-state index contributed by atoms with van der Waals surface area (Å²) in [5, 5.41) is 4.11. The summed E-state index contributed by atoms with van der Waals surface area (Å²) in [5.74, 6) is 0.310. The molecule has 144 valence electrons. The van der Waals surface area contributed by atoms with Crippen molar-refractivity contribution in [3.8, 4) is 5.75 Å². The highest BCUT2D eigenvalue weighted by atomic mass is 79.9. The number of benzene rings is 2. The second-order valence-corrected chi connectivity index (χ2v) is 8.63. The summed E-state index contributed by atoms with van der Waals surface area (Å²) < 4.78 is 30.2. The second-order valence-electron chi connectivity index (χ2n) is 5.76. The van der Waals surface area contributed by atoms with Gasteiger partial charge in [0.1, 0.15) is 5.75 Å². The van der Waals surface area contributed by atoms with Gasteiger partial charge in [0.2, 0.25) is 10.0 Å². The van der Waals surface area contributed by atoms with Crippen molar-refractivity contribution in [3.05, 3.63) is 58.1 Å². The molecule has 2 rings (SSSR count). The molecule has 1 amide bonds. The zero-order valence-corrected chi connectivity index (χ0v) is 17.8. The van der Waals surface area contributed by atoms with Gasteiger partial charge in [0.15, 0.2) is 0 Å². The molecule has 0 heterocycles. The Morgan fingerprint density at radius 1 is 1.15 bits per heavy atom. The molecule has 0 fully saturated rings. The fourth-order valence-corrected chi connectivity index (χ4v) is 3.21. The maximum Gasteiger partial charge on any atom is 0.271 e. The zero-order chi connectivity index (χ0) is 20.2. The third kappa shape index (κ3) is 5.30. The van der Waals surface area contributed by atoms with Crippen molar-refractivity contribution in [2.75, 3.05) is 24.7 Å². The third-order valence-electron chi connectivity index (χ3n) is 3.89. The summed E-state index contributed by atoms with van der Waals surface area (Å²) in [6.45, 7) is 1.78. The van der Waals surface area contributed by atoms with E-state index < -0.39 is 15.9 Å². The molecule has 1 N–H and O–H groups in total. The summed E-state index contributed by atoms with van der Waals surface area (Å²) in [7, 11) is -0.319. The van der Waals surface area contributed by atoms with Crippen molar-refractivity contribution in [1.82, 2.24) is 5.43 Å². The number of ether oxygens (including phenoxy) is 1. The summed E-state index contributed by atoms with van der Waals surface area (Å²) in [4.78, 5) is 12.2. The zero-order valence-electron chi connectivity index (χ0n) is 15.4. The van der Waals surface area contributed by atoms with E-state index in [0.29, 0.717) is 22.7 Å². The number of hydrogen-bond acceptors (Lipinski definition) is 5. The Bertz CT molecular complexity index is 973. The van der Waals surface area contributed by atoms with Gasteiger partial charge in [0.05, 0.1) is 29.2 Å². The maximum atomic E-state index is 12.2. The normalized spacial score (nSPS) is 11.8. The van der Waals surface area contributed by atoms with Gasteiger partial charge in [0, 0.05) is 12.6 Å². The van der Waals surface area contributed by atoms with Gasteiger partial charge in [-0.3, -0.25) is 9.10 Å². The Kier molecular flexibility index (Phi) is 6.61. The Labute approximate surface area is 167 Å². The number of carbonyl (C=O) groups excluding carboxylic acids is 1. The van der Waals surface area contributed by atoms with Gasteiger partial charge in [-0.1, -0.05) is 0 Å². The van der Waals surface area contributed by atoms with E-state index in [9.17, 15) is 13.2 Å². The Hall–Kier alpha value is -2.39. The van der Waals surface area contributed by atoms with Crippen LogP contribution in [0.2, 0.25) is 0 Å². The number of nitrogens with one attached hydrogen (secondary N) is 1. The molecular formula is C18H20BrN3O4S. The molecule has 0 saturated carbocycles. The first kappa shape index (κ1) is 20.9. The summed E-state index contributed by atoms with van der Waals surface area (Å²) in [6, 6.07) is 11.7. The second kappa shape index (κ2) is 8.53. The van der Waals surface area contributed by atoms with Crippen LogP contribution in [-0.4, -0.2) is 40.4 Å². The number of anilines is 1. The van der Waals surface area contributed by atoms with Crippen LogP contribution in [0.15, 0.2) is 52.0 Å². The van der Waals surface area contributed by atoms with Crippen LogP contribution in [0.3, 0.4) is 0 Å². The molecule has 0 aliphatic heterocycles. The van der Waals surface area contributed by atoms with E-state index in [1.54, 1.807) is 44.4 Å². The maximum absolute atomic E-state index is 12.2. The number of halogens is 1. The van der Waals surface area contributed by atoms with Crippen molar-refractivity contribution < 1.29 is 17.9 Å². The van der Waals surface area contributed by atoms with Gasteiger partial charge in [-0.2, -0.15) is 5.10 Å². The van der Waals surface area contributed by atoms with E-state index in [2.05, 4.69) is 26.5 Å². The van der Waals surface area contributed by atoms with E-state index in [0.717, 1.165) is 20.6 Å². The van der Waals surface area contributed by atoms with Gasteiger partial charge in [-0.25, -0.2) is 13.8 Å². The van der Waals surface area contributed by atoms with Crippen molar-refractivity contribution in [2.45, 2.75) is 6.92 Å². The highest BCUT2D eigenvalue weighted by Crippen LogP contribution is 2.25. The minimum Gasteiger partial charge on any atom is -0.496 e. The van der Waals surface area contributed by atoms with Crippen molar-refractivity contribution in [3.63, 3.8) is 0 Å². The lowest BCUT2D eigenvalue weighted by molar-refractivity contribution is 0.0955. The monoisotopic (exact) mass is 453 g/mol. The summed E-state index contributed by atoms with van der Waals surface area (Å²) in [5.41, 5.74) is 4.78. The molecule has 0 unspecified atom stereocenters. The van der Waals surface area contributed by atoms with Crippen LogP contribution >= 0.6 is 15.9 Å². The molecule has 0 radical (unpaired) electrons.